The summed E-state index contributed by atoms with van der Waals surface area (Å²) >= 11 is 0. The molecule has 0 radical (unpaired) electrons. The molecule has 1 aliphatic rings. The second-order valence-electron chi connectivity index (χ2n) is 7.93. The molecular weight excluding hydrogens is 450 g/mol. The third-order valence-corrected chi connectivity index (χ3v) is 5.91. The molecule has 0 aliphatic heterocycles. The molecule has 3 rings (SSSR count). The molecule has 3 nitrogen and oxygen atoms in total. The van der Waals surface area contributed by atoms with E-state index in [1.54, 1.807) is 14.0 Å². The second kappa shape index (κ2) is 11.1. The van der Waals surface area contributed by atoms with Crippen LogP contribution >= 0.6 is 0 Å². The minimum absolute atomic E-state index is 0.0592. The fourth-order valence-electron chi connectivity index (χ4n) is 4.06. The number of rotatable bonds is 9. The summed E-state index contributed by atoms with van der Waals surface area (Å²) < 4.78 is 101. The maximum atomic E-state index is 14.6. The van der Waals surface area contributed by atoms with Gasteiger partial charge in [0.25, 0.3) is 0 Å². The van der Waals surface area contributed by atoms with Gasteiger partial charge in [-0.05, 0) is 62.3 Å². The normalized spacial score (nSPS) is 20.4. The Morgan fingerprint density at radius 3 is 2.06 bits per heavy atom. The first kappa shape index (κ1) is 25.2. The van der Waals surface area contributed by atoms with E-state index < -0.39 is 59.3 Å². The number of alkyl halides is 2. The van der Waals surface area contributed by atoms with Crippen LogP contribution in [0.4, 0.5) is 26.3 Å². The Labute approximate surface area is 188 Å². The highest BCUT2D eigenvalue weighted by Crippen LogP contribution is 2.38. The van der Waals surface area contributed by atoms with Crippen molar-refractivity contribution in [1.82, 2.24) is 0 Å². The fourth-order valence-corrected chi connectivity index (χ4v) is 4.06. The molecule has 0 saturated heterocycles. The molecule has 1 fully saturated rings. The van der Waals surface area contributed by atoms with Crippen molar-refractivity contribution in [3.05, 3.63) is 58.7 Å². The number of halogens is 6. The fraction of sp³-hybridized carbons (Fsp3) is 0.500. The molecule has 33 heavy (non-hydrogen) atoms. The van der Waals surface area contributed by atoms with Crippen molar-refractivity contribution in [2.45, 2.75) is 57.0 Å². The third kappa shape index (κ3) is 5.57. The van der Waals surface area contributed by atoms with E-state index in [1.807, 2.05) is 0 Å². The highest BCUT2D eigenvalue weighted by atomic mass is 19.2. The lowest BCUT2D eigenvalue weighted by atomic mass is 9.82. The summed E-state index contributed by atoms with van der Waals surface area (Å²) in [4.78, 5) is 0. The molecule has 182 valence electrons. The Morgan fingerprint density at radius 2 is 1.42 bits per heavy atom. The Bertz CT molecular complexity index is 946. The molecule has 2 aromatic rings. The number of hydrogen-bond acceptors (Lipinski definition) is 3. The topological polar surface area (TPSA) is 27.7 Å². The van der Waals surface area contributed by atoms with Gasteiger partial charge in [-0.25, -0.2) is 17.6 Å². The van der Waals surface area contributed by atoms with Crippen LogP contribution in [0, 0.1) is 23.3 Å². The summed E-state index contributed by atoms with van der Waals surface area (Å²) in [5.74, 6) is -6.61. The molecule has 2 unspecified atom stereocenters. The Hall–Kier alpha value is -2.42. The van der Waals surface area contributed by atoms with Crippen LogP contribution in [0.5, 0.6) is 11.5 Å². The minimum atomic E-state index is -2.58. The summed E-state index contributed by atoms with van der Waals surface area (Å²) in [5.41, 5.74) is -0.665. The first-order chi connectivity index (χ1) is 15.8. The summed E-state index contributed by atoms with van der Waals surface area (Å²) in [7, 11) is 1.61. The van der Waals surface area contributed by atoms with Gasteiger partial charge >= 0.3 is 0 Å². The average molecular weight is 476 g/mol. The highest BCUT2D eigenvalue weighted by molar-refractivity contribution is 5.34. The Balaban J connectivity index is 1.66. The second-order valence-corrected chi connectivity index (χ2v) is 7.93. The zero-order chi connectivity index (χ0) is 24.1. The zero-order valence-electron chi connectivity index (χ0n) is 18.4. The molecule has 0 bridgehead atoms. The van der Waals surface area contributed by atoms with Crippen LogP contribution in [-0.4, -0.2) is 32.6 Å². The summed E-state index contributed by atoms with van der Waals surface area (Å²) in [6, 6.07) is 4.39. The molecule has 0 spiro atoms. The smallest absolute Gasteiger partial charge is 0.200 e. The molecular formula is C24H26F6O3. The van der Waals surface area contributed by atoms with Crippen molar-refractivity contribution in [3.8, 4) is 11.5 Å². The van der Waals surface area contributed by atoms with Crippen LogP contribution in [0.2, 0.25) is 0 Å². The average Bonchev–Trinajstić information content (AvgIpc) is 2.82. The van der Waals surface area contributed by atoms with Crippen molar-refractivity contribution < 1.29 is 40.6 Å². The Kier molecular flexibility index (Phi) is 8.51. The van der Waals surface area contributed by atoms with Gasteiger partial charge in [-0.15, -0.1) is 0 Å². The monoisotopic (exact) mass is 476 g/mol. The maximum absolute atomic E-state index is 14.6. The van der Waals surface area contributed by atoms with E-state index in [2.05, 4.69) is 0 Å². The van der Waals surface area contributed by atoms with Crippen molar-refractivity contribution >= 4 is 0 Å². The molecule has 1 aliphatic carbocycles. The van der Waals surface area contributed by atoms with E-state index in [0.29, 0.717) is 12.8 Å². The summed E-state index contributed by atoms with van der Waals surface area (Å²) in [6.07, 6.45) is -2.22. The summed E-state index contributed by atoms with van der Waals surface area (Å²) in [5, 5.41) is 0. The zero-order valence-corrected chi connectivity index (χ0v) is 18.4. The van der Waals surface area contributed by atoms with Gasteiger partial charge in [-0.2, -0.15) is 8.78 Å². The van der Waals surface area contributed by atoms with Crippen LogP contribution in [-0.2, 0) is 4.74 Å². The predicted molar refractivity (Wildman–Crippen MR) is 110 cm³/mol. The lowest BCUT2D eigenvalue weighted by Gasteiger charge is -2.28. The number of ether oxygens (including phenoxy) is 3. The van der Waals surface area contributed by atoms with Gasteiger partial charge in [0.05, 0.1) is 12.7 Å². The van der Waals surface area contributed by atoms with Gasteiger partial charge in [0.2, 0.25) is 11.6 Å². The molecule has 0 heterocycles. The Morgan fingerprint density at radius 1 is 0.818 bits per heavy atom. The SMILES string of the molecule is CCOc1ccc(C(F)C(F)COc2ccc(C3CCC(OC)CC3)c(F)c2F)c(F)c1F. The van der Waals surface area contributed by atoms with E-state index in [-0.39, 0.29) is 24.2 Å². The largest absolute Gasteiger partial charge is 0.491 e. The standard InChI is InChI=1S/C24H26F6O3/c1-3-32-18-11-9-16(22(28)23(18)29)20(26)17(25)12-33-19-10-8-15(21(27)24(19)30)13-4-6-14(31-2)7-5-13/h8-11,13-14,17,20H,3-7,12H2,1-2H3. The number of methoxy groups -OCH3 is 1. The first-order valence-corrected chi connectivity index (χ1v) is 10.8. The van der Waals surface area contributed by atoms with Gasteiger partial charge in [0.15, 0.2) is 35.5 Å². The van der Waals surface area contributed by atoms with Gasteiger partial charge in [0.1, 0.15) is 6.61 Å². The lowest BCUT2D eigenvalue weighted by Crippen LogP contribution is -2.21. The van der Waals surface area contributed by atoms with Crippen LogP contribution < -0.4 is 9.47 Å². The van der Waals surface area contributed by atoms with Gasteiger partial charge in [-0.3, -0.25) is 0 Å². The number of benzene rings is 2. The van der Waals surface area contributed by atoms with Crippen LogP contribution in [0.3, 0.4) is 0 Å². The van der Waals surface area contributed by atoms with Crippen molar-refractivity contribution in [3.63, 3.8) is 0 Å². The maximum Gasteiger partial charge on any atom is 0.200 e. The third-order valence-electron chi connectivity index (χ3n) is 5.91. The molecule has 0 amide bonds. The molecule has 0 aromatic heterocycles. The molecule has 2 aromatic carbocycles. The van der Waals surface area contributed by atoms with Gasteiger partial charge < -0.3 is 14.2 Å². The molecule has 9 heteroatoms. The quantitative estimate of drug-likeness (QED) is 0.375. The molecule has 0 N–H and O–H groups in total. The predicted octanol–water partition coefficient (Wildman–Crippen LogP) is 6.74. The number of hydrogen-bond donors (Lipinski definition) is 0. The van der Waals surface area contributed by atoms with E-state index in [0.717, 1.165) is 31.0 Å². The minimum Gasteiger partial charge on any atom is -0.491 e. The van der Waals surface area contributed by atoms with Crippen molar-refractivity contribution in [2.75, 3.05) is 20.3 Å². The van der Waals surface area contributed by atoms with Crippen LogP contribution in [0.15, 0.2) is 24.3 Å². The highest BCUT2D eigenvalue weighted by Gasteiger charge is 2.30. The van der Waals surface area contributed by atoms with E-state index >= 15 is 0 Å². The van der Waals surface area contributed by atoms with Crippen LogP contribution in [0.25, 0.3) is 0 Å². The van der Waals surface area contributed by atoms with E-state index in [9.17, 15) is 26.3 Å². The molecule has 1 saturated carbocycles. The van der Waals surface area contributed by atoms with Crippen LogP contribution in [0.1, 0.15) is 55.8 Å². The van der Waals surface area contributed by atoms with E-state index in [1.165, 1.54) is 6.07 Å². The summed E-state index contributed by atoms with van der Waals surface area (Å²) in [6.45, 7) is 0.590. The van der Waals surface area contributed by atoms with Crippen molar-refractivity contribution in [2.24, 2.45) is 0 Å². The first-order valence-electron chi connectivity index (χ1n) is 10.8. The molecule has 2 atom stereocenters. The van der Waals surface area contributed by atoms with Gasteiger partial charge in [-0.1, -0.05) is 6.07 Å². The van der Waals surface area contributed by atoms with Crippen molar-refractivity contribution in [1.29, 1.82) is 0 Å². The van der Waals surface area contributed by atoms with Gasteiger partial charge in [0, 0.05) is 12.7 Å². The lowest BCUT2D eigenvalue weighted by molar-refractivity contribution is 0.0654. The van der Waals surface area contributed by atoms with E-state index in [4.69, 9.17) is 14.2 Å².